The number of fused-ring (bicyclic) bond motifs is 1. The molecule has 0 radical (unpaired) electrons. The van der Waals surface area contributed by atoms with Gasteiger partial charge in [-0.05, 0) is 30.8 Å². The van der Waals surface area contributed by atoms with E-state index in [0.29, 0.717) is 5.92 Å². The van der Waals surface area contributed by atoms with Crippen LogP contribution in [-0.2, 0) is 0 Å². The van der Waals surface area contributed by atoms with Crippen LogP contribution in [0.4, 0.5) is 0 Å². The highest BCUT2D eigenvalue weighted by molar-refractivity contribution is 5.36. The summed E-state index contributed by atoms with van der Waals surface area (Å²) in [5.74, 6) is 1.17. The largest absolute Gasteiger partial charge is 0.388 e. The Morgan fingerprint density at radius 1 is 1.58 bits per heavy atom. The van der Waals surface area contributed by atoms with Crippen molar-refractivity contribution in [3.8, 4) is 0 Å². The summed E-state index contributed by atoms with van der Waals surface area (Å²) in [6.07, 6.45) is 5.42. The van der Waals surface area contributed by atoms with E-state index >= 15 is 0 Å². The predicted molar refractivity (Wildman–Crippen MR) is 49.7 cm³/mol. The summed E-state index contributed by atoms with van der Waals surface area (Å²) in [5, 5.41) is 9.76. The molecule has 1 saturated carbocycles. The zero-order chi connectivity index (χ0) is 8.72. The third kappa shape index (κ3) is 1.13. The summed E-state index contributed by atoms with van der Waals surface area (Å²) in [4.78, 5) is 0. The average molecular weight is 164 g/mol. The van der Waals surface area contributed by atoms with Gasteiger partial charge in [0.05, 0.1) is 6.10 Å². The number of hydrogen-bond donors (Lipinski definition) is 1. The molecule has 0 saturated heterocycles. The maximum absolute atomic E-state index is 9.76. The Morgan fingerprint density at radius 3 is 3.08 bits per heavy atom. The summed E-state index contributed by atoms with van der Waals surface area (Å²) < 4.78 is 0. The topological polar surface area (TPSA) is 20.2 Å². The Balaban J connectivity index is 2.19. The molecule has 0 heterocycles. The van der Waals surface area contributed by atoms with Gasteiger partial charge in [0.15, 0.2) is 0 Å². The summed E-state index contributed by atoms with van der Waals surface area (Å²) in [6.45, 7) is 6.13. The number of rotatable bonds is 0. The van der Waals surface area contributed by atoms with Crippen molar-refractivity contribution in [2.75, 3.05) is 0 Å². The molecular formula is C11H16O. The van der Waals surface area contributed by atoms with Gasteiger partial charge in [-0.1, -0.05) is 25.2 Å². The van der Waals surface area contributed by atoms with Crippen LogP contribution in [0.25, 0.3) is 0 Å². The fourth-order valence-electron chi connectivity index (χ4n) is 2.39. The van der Waals surface area contributed by atoms with Gasteiger partial charge in [0.2, 0.25) is 0 Å². The minimum absolute atomic E-state index is 0.275. The Labute approximate surface area is 73.8 Å². The maximum Gasteiger partial charge on any atom is 0.0849 e. The molecular weight excluding hydrogens is 148 g/mol. The highest BCUT2D eigenvalue weighted by atomic mass is 16.3. The molecule has 1 unspecified atom stereocenters. The van der Waals surface area contributed by atoms with Crippen LogP contribution in [-0.4, -0.2) is 11.2 Å². The van der Waals surface area contributed by atoms with E-state index in [1.54, 1.807) is 0 Å². The zero-order valence-corrected chi connectivity index (χ0v) is 7.59. The van der Waals surface area contributed by atoms with Crippen LogP contribution in [0.1, 0.15) is 26.2 Å². The van der Waals surface area contributed by atoms with E-state index in [0.717, 1.165) is 17.9 Å². The van der Waals surface area contributed by atoms with E-state index in [2.05, 4.69) is 19.6 Å². The summed E-state index contributed by atoms with van der Waals surface area (Å²) in [5.41, 5.74) is 2.36. The third-order valence-electron chi connectivity index (χ3n) is 3.19. The minimum atomic E-state index is -0.275. The Hall–Kier alpha value is -0.560. The predicted octanol–water partition coefficient (Wildman–Crippen LogP) is 2.28. The van der Waals surface area contributed by atoms with Crippen molar-refractivity contribution in [2.24, 2.45) is 11.8 Å². The highest BCUT2D eigenvalue weighted by Crippen LogP contribution is 2.41. The lowest BCUT2D eigenvalue weighted by atomic mass is 9.79. The molecule has 2 rings (SSSR count). The first kappa shape index (κ1) is 8.06. The highest BCUT2D eigenvalue weighted by Gasteiger charge is 2.34. The molecule has 0 amide bonds. The first-order valence-electron chi connectivity index (χ1n) is 4.76. The fraction of sp³-hybridized carbons (Fsp3) is 0.636. The second-order valence-corrected chi connectivity index (χ2v) is 4.23. The molecule has 12 heavy (non-hydrogen) atoms. The lowest BCUT2D eigenvalue weighted by Crippen LogP contribution is -2.23. The monoisotopic (exact) mass is 164 g/mol. The van der Waals surface area contributed by atoms with Crippen LogP contribution in [0.15, 0.2) is 23.8 Å². The normalized spacial score (nSPS) is 41.0. The molecule has 1 nitrogen and oxygen atoms in total. The van der Waals surface area contributed by atoms with Gasteiger partial charge in [0.25, 0.3) is 0 Å². The van der Waals surface area contributed by atoms with Crippen LogP contribution in [0.2, 0.25) is 0 Å². The van der Waals surface area contributed by atoms with Crippen LogP contribution < -0.4 is 0 Å². The van der Waals surface area contributed by atoms with Crippen LogP contribution in [0.5, 0.6) is 0 Å². The SMILES string of the molecule is C=C1C=C2CCC(C)C[C@H]2[C@@H]1O. The third-order valence-corrected chi connectivity index (χ3v) is 3.19. The number of aliphatic hydroxyl groups excluding tert-OH is 1. The van der Waals surface area contributed by atoms with Crippen LogP contribution in [0.3, 0.4) is 0 Å². The van der Waals surface area contributed by atoms with Crippen molar-refractivity contribution in [1.82, 2.24) is 0 Å². The van der Waals surface area contributed by atoms with E-state index in [1.807, 2.05) is 0 Å². The molecule has 2 aliphatic carbocycles. The van der Waals surface area contributed by atoms with Gasteiger partial charge in [-0.15, -0.1) is 0 Å². The molecule has 2 aliphatic rings. The van der Waals surface area contributed by atoms with Gasteiger partial charge >= 0.3 is 0 Å². The maximum atomic E-state index is 9.76. The van der Waals surface area contributed by atoms with Crippen molar-refractivity contribution in [2.45, 2.75) is 32.3 Å². The van der Waals surface area contributed by atoms with E-state index in [1.165, 1.54) is 18.4 Å². The van der Waals surface area contributed by atoms with E-state index in [-0.39, 0.29) is 6.10 Å². The average Bonchev–Trinajstić information content (AvgIpc) is 2.31. The minimum Gasteiger partial charge on any atom is -0.388 e. The second-order valence-electron chi connectivity index (χ2n) is 4.23. The molecule has 0 bridgehead atoms. The number of aliphatic hydroxyl groups is 1. The Kier molecular flexibility index (Phi) is 1.84. The first-order chi connectivity index (χ1) is 5.68. The van der Waals surface area contributed by atoms with Crippen molar-refractivity contribution < 1.29 is 5.11 Å². The molecule has 1 N–H and O–H groups in total. The smallest absolute Gasteiger partial charge is 0.0849 e. The lowest BCUT2D eigenvalue weighted by Gasteiger charge is -2.28. The molecule has 66 valence electrons. The first-order valence-corrected chi connectivity index (χ1v) is 4.76. The van der Waals surface area contributed by atoms with Crippen molar-refractivity contribution in [1.29, 1.82) is 0 Å². The van der Waals surface area contributed by atoms with E-state index < -0.39 is 0 Å². The quantitative estimate of drug-likeness (QED) is 0.582. The molecule has 3 atom stereocenters. The summed E-state index contributed by atoms with van der Waals surface area (Å²) in [7, 11) is 0. The number of hydrogen-bond acceptors (Lipinski definition) is 1. The van der Waals surface area contributed by atoms with Gasteiger partial charge in [-0.3, -0.25) is 0 Å². The molecule has 0 aromatic rings. The van der Waals surface area contributed by atoms with Crippen molar-refractivity contribution >= 4 is 0 Å². The molecule has 1 fully saturated rings. The van der Waals surface area contributed by atoms with Gasteiger partial charge in [-0.2, -0.15) is 0 Å². The van der Waals surface area contributed by atoms with Gasteiger partial charge in [0, 0.05) is 5.92 Å². The second kappa shape index (κ2) is 2.74. The summed E-state index contributed by atoms with van der Waals surface area (Å²) in [6, 6.07) is 0. The van der Waals surface area contributed by atoms with Crippen molar-refractivity contribution in [3.63, 3.8) is 0 Å². The van der Waals surface area contributed by atoms with Crippen molar-refractivity contribution in [3.05, 3.63) is 23.8 Å². The lowest BCUT2D eigenvalue weighted by molar-refractivity contribution is 0.144. The summed E-state index contributed by atoms with van der Waals surface area (Å²) >= 11 is 0. The molecule has 1 heteroatoms. The van der Waals surface area contributed by atoms with Crippen LogP contribution >= 0.6 is 0 Å². The standard InChI is InChI=1S/C11H16O/c1-7-3-4-9-6-8(2)11(12)10(9)5-7/h6-7,10-12H,2-5H2,1H3/t7?,10-,11-/m1/s1. The fourth-order valence-corrected chi connectivity index (χ4v) is 2.39. The zero-order valence-electron chi connectivity index (χ0n) is 7.59. The van der Waals surface area contributed by atoms with E-state index in [9.17, 15) is 5.11 Å². The molecule has 0 aliphatic heterocycles. The van der Waals surface area contributed by atoms with E-state index in [4.69, 9.17) is 0 Å². The van der Waals surface area contributed by atoms with Crippen LogP contribution in [0, 0.1) is 11.8 Å². The van der Waals surface area contributed by atoms with Gasteiger partial charge < -0.3 is 5.11 Å². The Morgan fingerprint density at radius 2 is 2.33 bits per heavy atom. The van der Waals surface area contributed by atoms with Gasteiger partial charge in [0.1, 0.15) is 0 Å². The molecule has 0 aromatic carbocycles. The van der Waals surface area contributed by atoms with Gasteiger partial charge in [-0.25, -0.2) is 0 Å². The Bertz CT molecular complexity index is 239. The molecule has 0 aromatic heterocycles. The molecule has 0 spiro atoms.